The largest absolute Gasteiger partial charge is 0.322 e. The molecule has 0 unspecified atom stereocenters. The van der Waals surface area contributed by atoms with Gasteiger partial charge in [0.1, 0.15) is 0 Å². The molecule has 0 radical (unpaired) electrons. The van der Waals surface area contributed by atoms with Crippen molar-refractivity contribution in [2.24, 2.45) is 0 Å². The first-order chi connectivity index (χ1) is 15.6. The molecule has 0 bridgehead atoms. The summed E-state index contributed by atoms with van der Waals surface area (Å²) in [5.41, 5.74) is 5.60. The second-order valence-electron chi connectivity index (χ2n) is 8.27. The van der Waals surface area contributed by atoms with Gasteiger partial charge in [-0.1, -0.05) is 29.8 Å². The maximum Gasteiger partial charge on any atom is 0.255 e. The highest BCUT2D eigenvalue weighted by atomic mass is 35.5. The smallest absolute Gasteiger partial charge is 0.255 e. The molecule has 1 amide bonds. The van der Waals surface area contributed by atoms with Gasteiger partial charge in [-0.2, -0.15) is 0 Å². The number of halogens is 1. The van der Waals surface area contributed by atoms with Crippen molar-refractivity contribution in [2.75, 3.05) is 18.4 Å². The van der Waals surface area contributed by atoms with Crippen LogP contribution >= 0.6 is 22.9 Å². The fraction of sp³-hybridized carbons (Fsp3) is 0.231. The Bertz CT molecular complexity index is 1280. The highest BCUT2D eigenvalue weighted by Crippen LogP contribution is 2.31. The first kappa shape index (κ1) is 21.1. The predicted octanol–water partition coefficient (Wildman–Crippen LogP) is 6.77. The van der Waals surface area contributed by atoms with E-state index in [1.54, 1.807) is 0 Å². The number of carbonyl (C=O) groups is 1. The molecular formula is C26H24ClN3OS. The van der Waals surface area contributed by atoms with Crippen LogP contribution in [-0.2, 0) is 6.54 Å². The molecule has 1 fully saturated rings. The van der Waals surface area contributed by atoms with E-state index in [1.807, 2.05) is 61.7 Å². The van der Waals surface area contributed by atoms with Crippen molar-refractivity contribution in [3.8, 4) is 10.4 Å². The van der Waals surface area contributed by atoms with E-state index in [0.29, 0.717) is 5.56 Å². The number of carbonyl (C=O) groups excluding carboxylic acids is 1. The molecule has 1 N–H and O–H groups in total. The van der Waals surface area contributed by atoms with Crippen LogP contribution in [0, 0.1) is 6.92 Å². The lowest BCUT2D eigenvalue weighted by molar-refractivity contribution is 0.102. The van der Waals surface area contributed by atoms with E-state index in [-0.39, 0.29) is 5.91 Å². The van der Waals surface area contributed by atoms with Crippen LogP contribution in [-0.4, -0.2) is 28.9 Å². The number of rotatable bonds is 5. The number of amides is 1. The third-order valence-corrected chi connectivity index (χ3v) is 7.30. The Kier molecular flexibility index (Phi) is 5.96. The van der Waals surface area contributed by atoms with E-state index in [0.717, 1.165) is 43.5 Å². The molecule has 1 aliphatic rings. The molecule has 6 heteroatoms. The topological polar surface area (TPSA) is 45.2 Å². The van der Waals surface area contributed by atoms with E-state index in [9.17, 15) is 4.79 Å². The average molecular weight is 462 g/mol. The number of thiophene rings is 1. The SMILES string of the molecule is Cc1c(NC(=O)c2ccc(-c3ccc(Cl)s3)cc2)ccc2cc(CN3CCCC3)cnc12. The van der Waals surface area contributed by atoms with Crippen molar-refractivity contribution in [2.45, 2.75) is 26.3 Å². The Morgan fingerprint density at radius 3 is 2.59 bits per heavy atom. The normalized spacial score (nSPS) is 14.2. The number of likely N-dealkylation sites (tertiary alicyclic amines) is 1. The maximum absolute atomic E-state index is 12.8. The first-order valence-electron chi connectivity index (χ1n) is 10.8. The van der Waals surface area contributed by atoms with Gasteiger partial charge in [-0.05, 0) is 85.9 Å². The highest BCUT2D eigenvalue weighted by Gasteiger charge is 2.14. The van der Waals surface area contributed by atoms with Crippen LogP contribution in [0.15, 0.2) is 60.8 Å². The van der Waals surface area contributed by atoms with Crippen molar-refractivity contribution < 1.29 is 4.79 Å². The molecule has 32 heavy (non-hydrogen) atoms. The number of benzene rings is 2. The van der Waals surface area contributed by atoms with E-state index in [2.05, 4.69) is 16.3 Å². The monoisotopic (exact) mass is 461 g/mol. The van der Waals surface area contributed by atoms with Gasteiger partial charge in [-0.15, -0.1) is 11.3 Å². The number of hydrogen-bond acceptors (Lipinski definition) is 4. The zero-order chi connectivity index (χ0) is 22.1. The van der Waals surface area contributed by atoms with Gasteiger partial charge in [0.2, 0.25) is 0 Å². The van der Waals surface area contributed by atoms with Gasteiger partial charge in [0.15, 0.2) is 0 Å². The molecular weight excluding hydrogens is 438 g/mol. The summed E-state index contributed by atoms with van der Waals surface area (Å²) >= 11 is 7.56. The van der Waals surface area contributed by atoms with Crippen molar-refractivity contribution in [3.05, 3.63) is 81.8 Å². The van der Waals surface area contributed by atoms with Gasteiger partial charge in [-0.25, -0.2) is 0 Å². The lowest BCUT2D eigenvalue weighted by Crippen LogP contribution is -2.18. The Morgan fingerprint density at radius 1 is 1.09 bits per heavy atom. The van der Waals surface area contributed by atoms with Crippen LogP contribution in [0.25, 0.3) is 21.3 Å². The Labute approximate surface area is 196 Å². The Morgan fingerprint density at radius 2 is 1.88 bits per heavy atom. The van der Waals surface area contributed by atoms with Crippen LogP contribution in [0.1, 0.15) is 34.3 Å². The van der Waals surface area contributed by atoms with Crippen molar-refractivity contribution in [1.82, 2.24) is 9.88 Å². The zero-order valence-electron chi connectivity index (χ0n) is 17.9. The molecule has 0 atom stereocenters. The Balaban J connectivity index is 1.32. The van der Waals surface area contributed by atoms with Crippen LogP contribution < -0.4 is 5.32 Å². The first-order valence-corrected chi connectivity index (χ1v) is 12.0. The van der Waals surface area contributed by atoms with Crippen LogP contribution in [0.5, 0.6) is 0 Å². The number of aryl methyl sites for hydroxylation is 1. The second kappa shape index (κ2) is 9.02. The standard InChI is InChI=1S/C26H24ClN3OS/c1-17-22(9-8-21-14-18(15-28-25(17)21)16-30-12-2-3-13-30)29-26(31)20-6-4-19(5-7-20)23-10-11-24(27)32-23/h4-11,14-15H,2-3,12-13,16H2,1H3,(H,29,31). The molecule has 162 valence electrons. The summed E-state index contributed by atoms with van der Waals surface area (Å²) in [6.45, 7) is 5.30. The van der Waals surface area contributed by atoms with Gasteiger partial charge in [0, 0.05) is 34.3 Å². The zero-order valence-corrected chi connectivity index (χ0v) is 19.5. The molecule has 2 aromatic carbocycles. The minimum absolute atomic E-state index is 0.131. The lowest BCUT2D eigenvalue weighted by Gasteiger charge is -2.15. The summed E-state index contributed by atoms with van der Waals surface area (Å²) in [5, 5.41) is 4.16. The molecule has 1 aliphatic heterocycles. The Hall–Kier alpha value is -2.73. The van der Waals surface area contributed by atoms with Crippen molar-refractivity contribution in [3.63, 3.8) is 0 Å². The third-order valence-electron chi connectivity index (χ3n) is 6.02. The van der Waals surface area contributed by atoms with Crippen LogP contribution in [0.2, 0.25) is 4.34 Å². The summed E-state index contributed by atoms with van der Waals surface area (Å²) in [7, 11) is 0. The minimum atomic E-state index is -0.131. The second-order valence-corrected chi connectivity index (χ2v) is 9.99. The molecule has 4 aromatic rings. The van der Waals surface area contributed by atoms with E-state index >= 15 is 0 Å². The molecule has 1 saturated heterocycles. The van der Waals surface area contributed by atoms with Gasteiger partial charge in [0.25, 0.3) is 5.91 Å². The van der Waals surface area contributed by atoms with Crippen LogP contribution in [0.3, 0.4) is 0 Å². The summed E-state index contributed by atoms with van der Waals surface area (Å²) < 4.78 is 0.755. The number of aromatic nitrogens is 1. The number of nitrogens with one attached hydrogen (secondary N) is 1. The minimum Gasteiger partial charge on any atom is -0.322 e. The van der Waals surface area contributed by atoms with Gasteiger partial charge >= 0.3 is 0 Å². The molecule has 0 saturated carbocycles. The molecule has 3 heterocycles. The van der Waals surface area contributed by atoms with Gasteiger partial charge < -0.3 is 5.32 Å². The summed E-state index contributed by atoms with van der Waals surface area (Å²) in [5.74, 6) is -0.131. The molecule has 0 spiro atoms. The fourth-order valence-corrected chi connectivity index (χ4v) is 5.31. The average Bonchev–Trinajstić information content (AvgIpc) is 3.47. The molecule has 2 aromatic heterocycles. The number of nitrogens with zero attached hydrogens (tertiary/aromatic N) is 2. The van der Waals surface area contributed by atoms with Crippen molar-refractivity contribution >= 4 is 45.4 Å². The fourth-order valence-electron chi connectivity index (χ4n) is 4.26. The molecule has 0 aliphatic carbocycles. The molecule has 4 nitrogen and oxygen atoms in total. The van der Waals surface area contributed by atoms with Crippen molar-refractivity contribution in [1.29, 1.82) is 0 Å². The number of pyridine rings is 1. The lowest BCUT2D eigenvalue weighted by atomic mass is 10.1. The van der Waals surface area contributed by atoms with E-state index < -0.39 is 0 Å². The van der Waals surface area contributed by atoms with E-state index in [4.69, 9.17) is 16.6 Å². The number of hydrogen-bond donors (Lipinski definition) is 1. The van der Waals surface area contributed by atoms with Gasteiger partial charge in [-0.3, -0.25) is 14.7 Å². The quantitative estimate of drug-likeness (QED) is 0.356. The number of anilines is 1. The van der Waals surface area contributed by atoms with Gasteiger partial charge in [0.05, 0.1) is 9.85 Å². The van der Waals surface area contributed by atoms with E-state index in [1.165, 1.54) is 42.8 Å². The highest BCUT2D eigenvalue weighted by molar-refractivity contribution is 7.19. The van der Waals surface area contributed by atoms with Crippen LogP contribution in [0.4, 0.5) is 5.69 Å². The molecule has 5 rings (SSSR count). The third kappa shape index (κ3) is 4.42. The summed E-state index contributed by atoms with van der Waals surface area (Å²) in [4.78, 5) is 21.1. The summed E-state index contributed by atoms with van der Waals surface area (Å²) in [6, 6.07) is 17.7. The predicted molar refractivity (Wildman–Crippen MR) is 134 cm³/mol. The summed E-state index contributed by atoms with van der Waals surface area (Å²) in [6.07, 6.45) is 4.54. The number of fused-ring (bicyclic) bond motifs is 1. The maximum atomic E-state index is 12.8.